The zero-order valence-corrected chi connectivity index (χ0v) is 12.6. The molecule has 1 atom stereocenters. The second kappa shape index (κ2) is 7.09. The average molecular weight is 286 g/mol. The van der Waals surface area contributed by atoms with Crippen molar-refractivity contribution in [1.82, 2.24) is 5.32 Å². The van der Waals surface area contributed by atoms with Crippen molar-refractivity contribution in [1.29, 1.82) is 0 Å². The fourth-order valence-electron chi connectivity index (χ4n) is 2.46. The highest BCUT2D eigenvalue weighted by Gasteiger charge is 2.15. The van der Waals surface area contributed by atoms with E-state index in [1.165, 1.54) is 0 Å². The molecule has 0 fully saturated rings. The van der Waals surface area contributed by atoms with Crippen LogP contribution in [0.2, 0.25) is 0 Å². The van der Waals surface area contributed by atoms with Gasteiger partial charge in [0, 0.05) is 12.8 Å². The smallest absolute Gasteiger partial charge is 0.253 e. The molecule has 4 heteroatoms. The van der Waals surface area contributed by atoms with Gasteiger partial charge < -0.3 is 15.8 Å². The van der Waals surface area contributed by atoms with Crippen molar-refractivity contribution in [3.8, 4) is 0 Å². The number of anilines is 1. The van der Waals surface area contributed by atoms with Gasteiger partial charge in [-0.3, -0.25) is 4.79 Å². The number of benzene rings is 2. The highest BCUT2D eigenvalue weighted by molar-refractivity contribution is 6.04. The molecule has 4 nitrogen and oxygen atoms in total. The molecule has 0 aromatic heterocycles. The summed E-state index contributed by atoms with van der Waals surface area (Å²) in [5.41, 5.74) is 7.04. The lowest BCUT2D eigenvalue weighted by Crippen LogP contribution is -2.38. The number of hydrogen-bond acceptors (Lipinski definition) is 3. The first-order valence-corrected chi connectivity index (χ1v) is 7.23. The molecule has 1 amide bonds. The van der Waals surface area contributed by atoms with Gasteiger partial charge >= 0.3 is 0 Å². The number of hydrogen-bond donors (Lipinski definition) is 2. The van der Waals surface area contributed by atoms with Crippen molar-refractivity contribution in [3.05, 3.63) is 42.0 Å². The summed E-state index contributed by atoms with van der Waals surface area (Å²) in [6.07, 6.45) is 1.87. The Labute approximate surface area is 125 Å². The monoisotopic (exact) mass is 286 g/mol. The Kier molecular flexibility index (Phi) is 5.17. The molecule has 2 rings (SSSR count). The van der Waals surface area contributed by atoms with Gasteiger partial charge in [0.05, 0.1) is 18.2 Å². The number of nitrogen functional groups attached to an aromatic ring is 1. The van der Waals surface area contributed by atoms with E-state index in [1.807, 2.05) is 36.4 Å². The number of ether oxygens (including phenoxy) is 1. The molecule has 0 aliphatic rings. The fraction of sp³-hybridized carbons (Fsp3) is 0.353. The summed E-state index contributed by atoms with van der Waals surface area (Å²) in [4.78, 5) is 12.4. The summed E-state index contributed by atoms with van der Waals surface area (Å²) in [6, 6.07) is 11.6. The third-order valence-electron chi connectivity index (χ3n) is 3.50. The predicted octanol–water partition coefficient (Wildman–Crippen LogP) is 2.97. The Morgan fingerprint density at radius 1 is 1.29 bits per heavy atom. The number of fused-ring (bicyclic) bond motifs is 1. The Morgan fingerprint density at radius 3 is 2.57 bits per heavy atom. The number of methoxy groups -OCH3 is 1. The second-order valence-corrected chi connectivity index (χ2v) is 5.20. The zero-order chi connectivity index (χ0) is 15.2. The Bertz CT molecular complexity index is 619. The molecular formula is C17H22N2O2. The minimum absolute atomic E-state index is 0.0124. The van der Waals surface area contributed by atoms with Crippen LogP contribution in [0, 0.1) is 0 Å². The summed E-state index contributed by atoms with van der Waals surface area (Å²) in [7, 11) is 1.64. The maximum absolute atomic E-state index is 12.4. The molecule has 0 aliphatic carbocycles. The van der Waals surface area contributed by atoms with Crippen molar-refractivity contribution in [3.63, 3.8) is 0 Å². The maximum Gasteiger partial charge on any atom is 0.253 e. The molecule has 0 heterocycles. The number of nitrogens with one attached hydrogen (secondary N) is 1. The quantitative estimate of drug-likeness (QED) is 0.802. The van der Waals surface area contributed by atoms with Gasteiger partial charge in [0.2, 0.25) is 0 Å². The van der Waals surface area contributed by atoms with Gasteiger partial charge in [0.1, 0.15) is 0 Å². The van der Waals surface area contributed by atoms with Crippen molar-refractivity contribution < 1.29 is 9.53 Å². The third-order valence-corrected chi connectivity index (χ3v) is 3.50. The van der Waals surface area contributed by atoms with Crippen LogP contribution in [0.4, 0.5) is 5.69 Å². The van der Waals surface area contributed by atoms with Gasteiger partial charge in [-0.15, -0.1) is 0 Å². The molecule has 2 aromatic carbocycles. The van der Waals surface area contributed by atoms with E-state index in [9.17, 15) is 4.79 Å². The maximum atomic E-state index is 12.4. The van der Waals surface area contributed by atoms with Crippen LogP contribution in [0.3, 0.4) is 0 Å². The highest BCUT2D eigenvalue weighted by Crippen LogP contribution is 2.22. The minimum Gasteiger partial charge on any atom is -0.398 e. The van der Waals surface area contributed by atoms with E-state index >= 15 is 0 Å². The van der Waals surface area contributed by atoms with E-state index < -0.39 is 0 Å². The normalized spacial score (nSPS) is 12.3. The Hall–Kier alpha value is -2.07. The van der Waals surface area contributed by atoms with Crippen LogP contribution in [-0.4, -0.2) is 25.7 Å². The van der Waals surface area contributed by atoms with Crippen LogP contribution in [0.5, 0.6) is 0 Å². The van der Waals surface area contributed by atoms with Crippen LogP contribution in [-0.2, 0) is 4.74 Å². The van der Waals surface area contributed by atoms with Gasteiger partial charge in [-0.05, 0) is 29.3 Å². The standard InChI is InChI=1S/C17H22N2O2/c1-3-6-14(11-21-2)19-17(20)15-9-12-7-4-5-8-13(12)10-16(15)18/h4-5,7-10,14H,3,6,11,18H2,1-2H3,(H,19,20). The summed E-state index contributed by atoms with van der Waals surface area (Å²) in [6.45, 7) is 2.59. The largest absolute Gasteiger partial charge is 0.398 e. The Morgan fingerprint density at radius 2 is 1.95 bits per heavy atom. The molecule has 21 heavy (non-hydrogen) atoms. The van der Waals surface area contributed by atoms with Crippen molar-refractivity contribution >= 4 is 22.4 Å². The van der Waals surface area contributed by atoms with Gasteiger partial charge in [0.25, 0.3) is 5.91 Å². The van der Waals surface area contributed by atoms with Crippen LogP contribution >= 0.6 is 0 Å². The summed E-state index contributed by atoms with van der Waals surface area (Å²) < 4.78 is 5.15. The molecular weight excluding hydrogens is 264 g/mol. The van der Waals surface area contributed by atoms with Crippen molar-refractivity contribution in [2.75, 3.05) is 19.5 Å². The molecule has 3 N–H and O–H groups in total. The topological polar surface area (TPSA) is 64.3 Å². The number of amides is 1. The van der Waals surface area contributed by atoms with Crippen LogP contribution in [0.1, 0.15) is 30.1 Å². The third kappa shape index (κ3) is 3.73. The molecule has 0 saturated carbocycles. The summed E-state index contributed by atoms with van der Waals surface area (Å²) >= 11 is 0. The fourth-order valence-corrected chi connectivity index (χ4v) is 2.46. The second-order valence-electron chi connectivity index (χ2n) is 5.20. The van der Waals surface area contributed by atoms with Crippen LogP contribution in [0.25, 0.3) is 10.8 Å². The molecule has 0 bridgehead atoms. The van der Waals surface area contributed by atoms with Crippen LogP contribution < -0.4 is 11.1 Å². The van der Waals surface area contributed by atoms with Gasteiger partial charge in [-0.1, -0.05) is 37.6 Å². The van der Waals surface area contributed by atoms with E-state index in [0.29, 0.717) is 17.9 Å². The predicted molar refractivity (Wildman–Crippen MR) is 86.4 cm³/mol. The highest BCUT2D eigenvalue weighted by atomic mass is 16.5. The van der Waals surface area contributed by atoms with E-state index in [4.69, 9.17) is 10.5 Å². The SMILES string of the molecule is CCCC(COC)NC(=O)c1cc2ccccc2cc1N. The lowest BCUT2D eigenvalue weighted by molar-refractivity contribution is 0.0892. The molecule has 2 aromatic rings. The lowest BCUT2D eigenvalue weighted by Gasteiger charge is -2.18. The van der Waals surface area contributed by atoms with E-state index in [0.717, 1.165) is 23.6 Å². The summed E-state index contributed by atoms with van der Waals surface area (Å²) in [5, 5.41) is 5.04. The number of carbonyl (C=O) groups excluding carboxylic acids is 1. The number of carbonyl (C=O) groups is 1. The first-order valence-electron chi connectivity index (χ1n) is 7.23. The van der Waals surface area contributed by atoms with Gasteiger partial charge in [-0.25, -0.2) is 0 Å². The first-order chi connectivity index (χ1) is 10.2. The van der Waals surface area contributed by atoms with Crippen LogP contribution in [0.15, 0.2) is 36.4 Å². The van der Waals surface area contributed by atoms with E-state index in [2.05, 4.69) is 12.2 Å². The lowest BCUT2D eigenvalue weighted by atomic mass is 10.0. The molecule has 0 saturated heterocycles. The zero-order valence-electron chi connectivity index (χ0n) is 12.6. The number of rotatable bonds is 6. The summed E-state index contributed by atoms with van der Waals surface area (Å²) in [5.74, 6) is -0.145. The average Bonchev–Trinajstić information content (AvgIpc) is 2.47. The first kappa shape index (κ1) is 15.3. The Balaban J connectivity index is 2.23. The molecule has 0 spiro atoms. The van der Waals surface area contributed by atoms with Gasteiger partial charge in [0.15, 0.2) is 0 Å². The molecule has 0 radical (unpaired) electrons. The van der Waals surface area contributed by atoms with Crippen molar-refractivity contribution in [2.45, 2.75) is 25.8 Å². The molecule has 0 aliphatic heterocycles. The molecule has 112 valence electrons. The minimum atomic E-state index is -0.145. The number of nitrogens with two attached hydrogens (primary N) is 1. The van der Waals surface area contributed by atoms with E-state index in [1.54, 1.807) is 7.11 Å². The molecule has 1 unspecified atom stereocenters. The van der Waals surface area contributed by atoms with Gasteiger partial charge in [-0.2, -0.15) is 0 Å². The van der Waals surface area contributed by atoms with Crippen molar-refractivity contribution in [2.24, 2.45) is 0 Å². The van der Waals surface area contributed by atoms with E-state index in [-0.39, 0.29) is 11.9 Å².